The zero-order chi connectivity index (χ0) is 19.9. The summed E-state index contributed by atoms with van der Waals surface area (Å²) >= 11 is 0. The third kappa shape index (κ3) is 2.07. The second kappa shape index (κ2) is 6.01. The summed E-state index contributed by atoms with van der Waals surface area (Å²) in [6, 6.07) is 6.94. The van der Waals surface area contributed by atoms with Crippen LogP contribution in [0.4, 0.5) is 0 Å². The van der Waals surface area contributed by atoms with Crippen molar-refractivity contribution in [2.45, 2.75) is 83.8 Å². The zero-order valence-electron chi connectivity index (χ0n) is 18.4. The van der Waals surface area contributed by atoms with Gasteiger partial charge in [0.05, 0.1) is 19.8 Å². The van der Waals surface area contributed by atoms with Gasteiger partial charge in [-0.1, -0.05) is 13.0 Å². The van der Waals surface area contributed by atoms with Crippen LogP contribution < -0.4 is 4.74 Å². The number of rotatable bonds is 3. The summed E-state index contributed by atoms with van der Waals surface area (Å²) in [7, 11) is 0. The van der Waals surface area contributed by atoms with Crippen LogP contribution in [-0.2, 0) is 15.9 Å². The highest BCUT2D eigenvalue weighted by Crippen LogP contribution is 2.83. The first-order valence-electron chi connectivity index (χ1n) is 12.0. The summed E-state index contributed by atoms with van der Waals surface area (Å²) in [4.78, 5) is 0. The third-order valence-electron chi connectivity index (χ3n) is 10.6. The Bertz CT molecular complexity index is 815. The molecule has 158 valence electrons. The minimum Gasteiger partial charge on any atom is -0.494 e. The fourth-order valence-corrected chi connectivity index (χ4v) is 9.33. The van der Waals surface area contributed by atoms with Gasteiger partial charge in [0.25, 0.3) is 0 Å². The molecule has 2 bridgehead atoms. The van der Waals surface area contributed by atoms with E-state index < -0.39 is 0 Å². The quantitative estimate of drug-likeness (QED) is 0.641. The smallest absolute Gasteiger partial charge is 0.171 e. The number of fused-ring (bicyclic) bond motifs is 3. The molecule has 0 N–H and O–H groups in total. The van der Waals surface area contributed by atoms with Gasteiger partial charge in [0.1, 0.15) is 5.75 Å². The fraction of sp³-hybridized carbons (Fsp3) is 0.769. The monoisotopic (exact) mass is 396 g/mol. The van der Waals surface area contributed by atoms with Crippen LogP contribution in [0.2, 0.25) is 0 Å². The van der Waals surface area contributed by atoms with Crippen molar-refractivity contribution in [3.05, 3.63) is 29.3 Å². The molecule has 1 aromatic carbocycles. The minimum absolute atomic E-state index is 0.209. The van der Waals surface area contributed by atoms with Crippen molar-refractivity contribution < 1.29 is 14.2 Å². The van der Waals surface area contributed by atoms with E-state index in [2.05, 4.69) is 39.0 Å². The number of ether oxygens (including phenoxy) is 3. The molecular weight excluding hydrogens is 360 g/mol. The Morgan fingerprint density at radius 1 is 1.00 bits per heavy atom. The molecule has 5 aliphatic rings. The second-order valence-corrected chi connectivity index (χ2v) is 10.8. The van der Waals surface area contributed by atoms with Gasteiger partial charge in [0.15, 0.2) is 5.79 Å². The lowest BCUT2D eigenvalue weighted by molar-refractivity contribution is -0.257. The Morgan fingerprint density at radius 3 is 2.48 bits per heavy atom. The van der Waals surface area contributed by atoms with Gasteiger partial charge in [-0.05, 0) is 111 Å². The Morgan fingerprint density at radius 2 is 1.76 bits per heavy atom. The molecule has 0 spiro atoms. The molecule has 3 atom stereocenters. The molecule has 29 heavy (non-hydrogen) atoms. The molecule has 1 saturated heterocycles. The average Bonchev–Trinajstić information content (AvgIpc) is 3.37. The van der Waals surface area contributed by atoms with Gasteiger partial charge in [-0.3, -0.25) is 0 Å². The molecule has 4 aliphatic carbocycles. The molecule has 0 radical (unpaired) electrons. The van der Waals surface area contributed by atoms with Gasteiger partial charge >= 0.3 is 0 Å². The van der Waals surface area contributed by atoms with Crippen LogP contribution in [-0.4, -0.2) is 25.6 Å². The van der Waals surface area contributed by atoms with Gasteiger partial charge in [-0.15, -0.1) is 0 Å². The molecule has 1 aliphatic heterocycles. The largest absolute Gasteiger partial charge is 0.494 e. The third-order valence-corrected chi connectivity index (χ3v) is 10.6. The lowest BCUT2D eigenvalue weighted by atomic mass is 9.46. The molecule has 0 unspecified atom stereocenters. The SMILES string of the molecule is CCOc1ccc2c(c1)CC[C@@H]1[C@@H]2CC[C@@]2(C)C13CCC2(C1(C)OCCO1)CC3. The first-order valence-corrected chi connectivity index (χ1v) is 12.0. The lowest BCUT2D eigenvalue weighted by Gasteiger charge is -2.59. The normalized spacial score (nSPS) is 44.2. The van der Waals surface area contributed by atoms with Crippen molar-refractivity contribution in [2.75, 3.05) is 19.8 Å². The molecular formula is C26H36O3. The maximum atomic E-state index is 6.35. The molecule has 6 rings (SSSR count). The Hall–Kier alpha value is -1.06. The number of benzene rings is 1. The number of hydrogen-bond donors (Lipinski definition) is 0. The summed E-state index contributed by atoms with van der Waals surface area (Å²) in [5.41, 5.74) is 4.22. The number of aryl methyl sites for hydroxylation is 1. The van der Waals surface area contributed by atoms with Gasteiger partial charge in [-0.25, -0.2) is 0 Å². The van der Waals surface area contributed by atoms with E-state index in [0.29, 0.717) is 10.8 Å². The van der Waals surface area contributed by atoms with Crippen molar-refractivity contribution in [1.29, 1.82) is 0 Å². The Balaban J connectivity index is 1.39. The van der Waals surface area contributed by atoms with Gasteiger partial charge in [0, 0.05) is 5.41 Å². The van der Waals surface area contributed by atoms with Crippen molar-refractivity contribution in [3.8, 4) is 5.75 Å². The summed E-state index contributed by atoms with van der Waals surface area (Å²) < 4.78 is 18.5. The van der Waals surface area contributed by atoms with Crippen LogP contribution in [0.5, 0.6) is 5.75 Å². The molecule has 0 amide bonds. The second-order valence-electron chi connectivity index (χ2n) is 10.8. The van der Waals surface area contributed by atoms with E-state index in [1.807, 2.05) is 0 Å². The highest BCUT2D eigenvalue weighted by atomic mass is 16.7. The maximum Gasteiger partial charge on any atom is 0.171 e. The Labute approximate surface area is 175 Å². The van der Waals surface area contributed by atoms with E-state index in [0.717, 1.165) is 37.4 Å². The molecule has 1 aromatic rings. The summed E-state index contributed by atoms with van der Waals surface area (Å²) in [6.07, 6.45) is 10.5. The summed E-state index contributed by atoms with van der Waals surface area (Å²) in [5, 5.41) is 0. The Kier molecular flexibility index (Phi) is 3.87. The van der Waals surface area contributed by atoms with Crippen LogP contribution in [0.15, 0.2) is 18.2 Å². The average molecular weight is 397 g/mol. The van der Waals surface area contributed by atoms with E-state index in [4.69, 9.17) is 14.2 Å². The molecule has 3 nitrogen and oxygen atoms in total. The molecule has 3 saturated carbocycles. The topological polar surface area (TPSA) is 27.7 Å². The van der Waals surface area contributed by atoms with E-state index >= 15 is 0 Å². The van der Waals surface area contributed by atoms with Crippen LogP contribution in [0, 0.1) is 22.2 Å². The predicted molar refractivity (Wildman–Crippen MR) is 113 cm³/mol. The van der Waals surface area contributed by atoms with Crippen molar-refractivity contribution in [1.82, 2.24) is 0 Å². The first-order chi connectivity index (χ1) is 14.0. The summed E-state index contributed by atoms with van der Waals surface area (Å²) in [5.74, 6) is 2.23. The lowest BCUT2D eigenvalue weighted by Crippen LogP contribution is -2.56. The highest BCUT2D eigenvalue weighted by molar-refractivity contribution is 5.42. The van der Waals surface area contributed by atoms with Crippen molar-refractivity contribution >= 4 is 0 Å². The maximum absolute atomic E-state index is 6.35. The molecule has 3 heteroatoms. The predicted octanol–water partition coefficient (Wildman–Crippen LogP) is 5.85. The van der Waals surface area contributed by atoms with Crippen LogP contribution in [0.1, 0.15) is 82.8 Å². The number of hydrogen-bond acceptors (Lipinski definition) is 3. The van der Waals surface area contributed by atoms with E-state index in [1.165, 1.54) is 51.4 Å². The molecule has 4 fully saturated rings. The van der Waals surface area contributed by atoms with Gasteiger partial charge in [0.2, 0.25) is 0 Å². The van der Waals surface area contributed by atoms with Gasteiger partial charge < -0.3 is 14.2 Å². The fourth-order valence-electron chi connectivity index (χ4n) is 9.33. The van der Waals surface area contributed by atoms with E-state index in [-0.39, 0.29) is 11.2 Å². The van der Waals surface area contributed by atoms with E-state index in [1.54, 1.807) is 11.1 Å². The van der Waals surface area contributed by atoms with Crippen LogP contribution in [0.25, 0.3) is 0 Å². The van der Waals surface area contributed by atoms with Crippen molar-refractivity contribution in [3.63, 3.8) is 0 Å². The standard InChI is InChI=1S/C26H36O3/c1-4-27-19-6-7-20-18(17-19)5-8-22-21(20)9-10-23(2)25(22)11-13-26(23,14-12-25)24(3)28-15-16-29-24/h6-7,17,21-22H,4-5,8-16H2,1-3H3/t21-,22-,23+,25?,26?/m1/s1. The minimum atomic E-state index is -0.369. The van der Waals surface area contributed by atoms with Crippen LogP contribution in [0.3, 0.4) is 0 Å². The van der Waals surface area contributed by atoms with Crippen LogP contribution >= 0.6 is 0 Å². The first kappa shape index (κ1) is 18.7. The zero-order valence-corrected chi connectivity index (χ0v) is 18.4. The highest BCUT2D eigenvalue weighted by Gasteiger charge is 2.78. The summed E-state index contributed by atoms with van der Waals surface area (Å²) in [6.45, 7) is 9.25. The van der Waals surface area contributed by atoms with Crippen molar-refractivity contribution in [2.24, 2.45) is 22.2 Å². The van der Waals surface area contributed by atoms with E-state index in [9.17, 15) is 0 Å². The van der Waals surface area contributed by atoms with Gasteiger partial charge in [-0.2, -0.15) is 0 Å². The molecule has 1 heterocycles. The molecule has 0 aromatic heterocycles.